The molecule has 92 valence electrons. The van der Waals surface area contributed by atoms with E-state index in [1.807, 2.05) is 13.8 Å². The molecular weight excluding hydrogens is 212 g/mol. The maximum absolute atomic E-state index is 11.3. The fourth-order valence-corrected chi connectivity index (χ4v) is 1.77. The van der Waals surface area contributed by atoms with Gasteiger partial charge in [0.2, 0.25) is 0 Å². The van der Waals surface area contributed by atoms with Crippen molar-refractivity contribution in [2.45, 2.75) is 27.2 Å². The Morgan fingerprint density at radius 2 is 1.94 bits per heavy atom. The fraction of sp³-hybridized carbons (Fsp3) is 0.400. The molecular formula is C15H20O2. The van der Waals surface area contributed by atoms with Gasteiger partial charge in [0.05, 0.1) is 13.0 Å². The number of hydrogen-bond acceptors (Lipinski definition) is 2. The molecule has 0 amide bonds. The number of ether oxygens (including phenoxy) is 1. The maximum atomic E-state index is 11.3. The standard InChI is InChI=1S/C15H20O2/c1-11-5-7-14(8-6-11)10-12(2)9-13(3)15(16)17-4/h5-8,10,13H,9H2,1-4H3. The van der Waals surface area contributed by atoms with Gasteiger partial charge in [-0.15, -0.1) is 0 Å². The van der Waals surface area contributed by atoms with Crippen LogP contribution in [0.25, 0.3) is 6.08 Å². The Morgan fingerprint density at radius 3 is 2.47 bits per heavy atom. The third kappa shape index (κ3) is 4.43. The van der Waals surface area contributed by atoms with E-state index in [0.717, 1.165) is 6.42 Å². The average Bonchev–Trinajstić information content (AvgIpc) is 2.30. The summed E-state index contributed by atoms with van der Waals surface area (Å²) in [6, 6.07) is 8.34. The molecule has 1 aromatic carbocycles. The summed E-state index contributed by atoms with van der Waals surface area (Å²) in [5.41, 5.74) is 3.61. The molecule has 2 nitrogen and oxygen atoms in total. The molecule has 0 bridgehead atoms. The van der Waals surface area contributed by atoms with Crippen LogP contribution in [0.1, 0.15) is 31.4 Å². The van der Waals surface area contributed by atoms with Crippen molar-refractivity contribution >= 4 is 12.0 Å². The summed E-state index contributed by atoms with van der Waals surface area (Å²) in [6.45, 7) is 6.00. The Balaban J connectivity index is 2.66. The van der Waals surface area contributed by atoms with E-state index in [9.17, 15) is 4.79 Å². The van der Waals surface area contributed by atoms with Crippen LogP contribution in [-0.2, 0) is 9.53 Å². The van der Waals surface area contributed by atoms with Crippen LogP contribution >= 0.6 is 0 Å². The Hall–Kier alpha value is -1.57. The van der Waals surface area contributed by atoms with Gasteiger partial charge < -0.3 is 4.74 Å². The van der Waals surface area contributed by atoms with Crippen LogP contribution in [0.15, 0.2) is 29.8 Å². The smallest absolute Gasteiger partial charge is 0.308 e. The van der Waals surface area contributed by atoms with Crippen molar-refractivity contribution in [2.75, 3.05) is 7.11 Å². The minimum Gasteiger partial charge on any atom is -0.469 e. The quantitative estimate of drug-likeness (QED) is 0.741. The largest absolute Gasteiger partial charge is 0.469 e. The van der Waals surface area contributed by atoms with Crippen molar-refractivity contribution in [2.24, 2.45) is 5.92 Å². The molecule has 1 atom stereocenters. The van der Waals surface area contributed by atoms with Crippen LogP contribution in [0.4, 0.5) is 0 Å². The zero-order valence-electron chi connectivity index (χ0n) is 11.0. The normalized spacial score (nSPS) is 13.3. The van der Waals surface area contributed by atoms with Crippen molar-refractivity contribution in [3.8, 4) is 0 Å². The number of carbonyl (C=O) groups excluding carboxylic acids is 1. The number of hydrogen-bond donors (Lipinski definition) is 0. The number of methoxy groups -OCH3 is 1. The highest BCUT2D eigenvalue weighted by Crippen LogP contribution is 2.16. The zero-order valence-corrected chi connectivity index (χ0v) is 11.0. The van der Waals surface area contributed by atoms with Crippen LogP contribution in [0.5, 0.6) is 0 Å². The minimum absolute atomic E-state index is 0.0818. The van der Waals surface area contributed by atoms with Crippen molar-refractivity contribution in [3.63, 3.8) is 0 Å². The molecule has 1 aromatic rings. The fourth-order valence-electron chi connectivity index (χ4n) is 1.77. The molecule has 0 saturated heterocycles. The van der Waals surface area contributed by atoms with Gasteiger partial charge >= 0.3 is 5.97 Å². The lowest BCUT2D eigenvalue weighted by Crippen LogP contribution is -2.12. The Bertz CT molecular complexity index is 401. The number of allylic oxidation sites excluding steroid dienone is 1. The summed E-state index contributed by atoms with van der Waals surface area (Å²) < 4.78 is 4.71. The molecule has 0 aliphatic carbocycles. The molecule has 17 heavy (non-hydrogen) atoms. The summed E-state index contributed by atoms with van der Waals surface area (Å²) >= 11 is 0. The van der Waals surface area contributed by atoms with Crippen molar-refractivity contribution in [1.29, 1.82) is 0 Å². The summed E-state index contributed by atoms with van der Waals surface area (Å²) in [5.74, 6) is -0.233. The van der Waals surface area contributed by atoms with E-state index in [1.165, 1.54) is 23.8 Å². The van der Waals surface area contributed by atoms with Gasteiger partial charge in [-0.2, -0.15) is 0 Å². The molecule has 0 spiro atoms. The molecule has 1 rings (SSSR count). The highest BCUT2D eigenvalue weighted by molar-refractivity contribution is 5.72. The Labute approximate surface area is 103 Å². The first-order valence-corrected chi connectivity index (χ1v) is 5.84. The number of carbonyl (C=O) groups is 1. The Morgan fingerprint density at radius 1 is 1.35 bits per heavy atom. The van der Waals surface area contributed by atoms with E-state index in [2.05, 4.69) is 37.3 Å². The van der Waals surface area contributed by atoms with E-state index < -0.39 is 0 Å². The lowest BCUT2D eigenvalue weighted by molar-refractivity contribution is -0.144. The van der Waals surface area contributed by atoms with E-state index >= 15 is 0 Å². The predicted molar refractivity (Wildman–Crippen MR) is 70.6 cm³/mol. The van der Waals surface area contributed by atoms with Crippen molar-refractivity contribution in [1.82, 2.24) is 0 Å². The topological polar surface area (TPSA) is 26.3 Å². The zero-order chi connectivity index (χ0) is 12.8. The second kappa shape index (κ2) is 6.24. The van der Waals surface area contributed by atoms with Crippen LogP contribution in [0.2, 0.25) is 0 Å². The van der Waals surface area contributed by atoms with Crippen LogP contribution in [-0.4, -0.2) is 13.1 Å². The first-order valence-electron chi connectivity index (χ1n) is 5.84. The molecule has 1 unspecified atom stereocenters. The second-order valence-corrected chi connectivity index (χ2v) is 4.53. The van der Waals surface area contributed by atoms with Crippen LogP contribution in [0, 0.1) is 12.8 Å². The molecule has 0 aliphatic heterocycles. The van der Waals surface area contributed by atoms with Gasteiger partial charge in [-0.05, 0) is 25.8 Å². The molecule has 2 heteroatoms. The van der Waals surface area contributed by atoms with E-state index in [1.54, 1.807) is 0 Å². The van der Waals surface area contributed by atoms with Gasteiger partial charge in [0.1, 0.15) is 0 Å². The highest BCUT2D eigenvalue weighted by Gasteiger charge is 2.12. The molecule has 0 saturated carbocycles. The first-order chi connectivity index (χ1) is 8.02. The summed E-state index contributed by atoms with van der Waals surface area (Å²) in [5, 5.41) is 0. The SMILES string of the molecule is COC(=O)C(C)CC(C)=Cc1ccc(C)cc1. The average molecular weight is 232 g/mol. The second-order valence-electron chi connectivity index (χ2n) is 4.53. The summed E-state index contributed by atoms with van der Waals surface area (Å²) in [7, 11) is 1.43. The predicted octanol–water partition coefficient (Wildman–Crippen LogP) is 3.60. The molecule has 0 heterocycles. The van der Waals surface area contributed by atoms with Gasteiger partial charge in [0.25, 0.3) is 0 Å². The van der Waals surface area contributed by atoms with E-state index in [4.69, 9.17) is 4.74 Å². The summed E-state index contributed by atoms with van der Waals surface area (Å²) in [6.07, 6.45) is 2.85. The molecule has 0 aromatic heterocycles. The number of aryl methyl sites for hydroxylation is 1. The lowest BCUT2D eigenvalue weighted by atomic mass is 10.0. The van der Waals surface area contributed by atoms with E-state index in [0.29, 0.717) is 0 Å². The highest BCUT2D eigenvalue weighted by atomic mass is 16.5. The lowest BCUT2D eigenvalue weighted by Gasteiger charge is -2.09. The van der Waals surface area contributed by atoms with E-state index in [-0.39, 0.29) is 11.9 Å². The molecule has 0 radical (unpaired) electrons. The van der Waals surface area contributed by atoms with Gasteiger partial charge in [-0.3, -0.25) is 4.79 Å². The minimum atomic E-state index is -0.151. The molecule has 0 N–H and O–H groups in total. The van der Waals surface area contributed by atoms with Crippen molar-refractivity contribution in [3.05, 3.63) is 41.0 Å². The van der Waals surface area contributed by atoms with Gasteiger partial charge in [0, 0.05) is 0 Å². The van der Waals surface area contributed by atoms with Crippen LogP contribution < -0.4 is 0 Å². The number of rotatable bonds is 4. The number of esters is 1. The maximum Gasteiger partial charge on any atom is 0.308 e. The monoisotopic (exact) mass is 232 g/mol. The Kier molecular flexibility index (Phi) is 4.95. The number of benzene rings is 1. The molecule has 0 aliphatic rings. The van der Waals surface area contributed by atoms with Crippen molar-refractivity contribution < 1.29 is 9.53 Å². The first kappa shape index (κ1) is 13.5. The van der Waals surface area contributed by atoms with Crippen LogP contribution in [0.3, 0.4) is 0 Å². The van der Waals surface area contributed by atoms with Gasteiger partial charge in [-0.25, -0.2) is 0 Å². The third-order valence-electron chi connectivity index (χ3n) is 2.72. The van der Waals surface area contributed by atoms with Gasteiger partial charge in [-0.1, -0.05) is 48.4 Å². The molecule has 0 fully saturated rings. The third-order valence-corrected chi connectivity index (χ3v) is 2.72. The van der Waals surface area contributed by atoms with Gasteiger partial charge in [0.15, 0.2) is 0 Å². The summed E-state index contributed by atoms with van der Waals surface area (Å²) in [4.78, 5) is 11.3.